The fraction of sp³-hybridized carbons (Fsp3) is 0.500. The topological polar surface area (TPSA) is 71.3 Å². The van der Waals surface area contributed by atoms with E-state index in [4.69, 9.17) is 4.52 Å². The summed E-state index contributed by atoms with van der Waals surface area (Å²) in [7, 11) is 0. The number of hydrogen-bond acceptors (Lipinski definition) is 4. The number of urea groups is 1. The van der Waals surface area contributed by atoms with Crippen molar-refractivity contribution in [3.05, 3.63) is 47.4 Å². The fourth-order valence-electron chi connectivity index (χ4n) is 3.00. The second kappa shape index (κ2) is 7.21. The molecule has 134 valence electrons. The molecule has 1 N–H and O–H groups in total. The molecule has 0 radical (unpaired) electrons. The highest BCUT2D eigenvalue weighted by molar-refractivity contribution is 5.76. The van der Waals surface area contributed by atoms with Gasteiger partial charge in [-0.25, -0.2) is 9.18 Å². The van der Waals surface area contributed by atoms with Crippen molar-refractivity contribution in [3.8, 4) is 0 Å². The third-order valence-corrected chi connectivity index (χ3v) is 4.51. The van der Waals surface area contributed by atoms with Gasteiger partial charge in [-0.2, -0.15) is 4.98 Å². The lowest BCUT2D eigenvalue weighted by atomic mass is 10.1. The van der Waals surface area contributed by atoms with Gasteiger partial charge < -0.3 is 14.7 Å². The number of aromatic nitrogens is 2. The first kappa shape index (κ1) is 17.4. The van der Waals surface area contributed by atoms with Crippen molar-refractivity contribution in [2.45, 2.75) is 58.2 Å². The molecule has 25 heavy (non-hydrogen) atoms. The summed E-state index contributed by atoms with van der Waals surface area (Å²) in [6.07, 6.45) is 2.51. The predicted octanol–water partition coefficient (Wildman–Crippen LogP) is 3.90. The molecule has 1 aliphatic rings. The van der Waals surface area contributed by atoms with Gasteiger partial charge in [0.1, 0.15) is 5.82 Å². The summed E-state index contributed by atoms with van der Waals surface area (Å²) in [6.45, 7) is 5.51. The van der Waals surface area contributed by atoms with Crippen LogP contribution in [0.3, 0.4) is 0 Å². The van der Waals surface area contributed by atoms with E-state index in [1.54, 1.807) is 30.0 Å². The van der Waals surface area contributed by atoms with Crippen LogP contribution in [0.25, 0.3) is 0 Å². The minimum atomic E-state index is -0.349. The molecular weight excluding hydrogens is 323 g/mol. The van der Waals surface area contributed by atoms with E-state index in [0.717, 1.165) is 12.8 Å². The van der Waals surface area contributed by atoms with E-state index in [0.29, 0.717) is 23.7 Å². The zero-order valence-corrected chi connectivity index (χ0v) is 14.7. The van der Waals surface area contributed by atoms with Crippen LogP contribution in [0.15, 0.2) is 28.8 Å². The number of nitrogens with one attached hydrogen (secondary N) is 1. The summed E-state index contributed by atoms with van der Waals surface area (Å²) < 4.78 is 19.2. The lowest BCUT2D eigenvalue weighted by molar-refractivity contribution is 0.169. The molecule has 0 saturated heterocycles. The van der Waals surface area contributed by atoms with Gasteiger partial charge in [0.05, 0.1) is 12.1 Å². The molecule has 2 aromatic rings. The summed E-state index contributed by atoms with van der Waals surface area (Å²) >= 11 is 0. The van der Waals surface area contributed by atoms with Gasteiger partial charge in [-0.1, -0.05) is 30.3 Å². The Morgan fingerprint density at radius 1 is 1.44 bits per heavy atom. The van der Waals surface area contributed by atoms with E-state index >= 15 is 0 Å². The molecule has 0 unspecified atom stereocenters. The molecule has 3 rings (SSSR count). The Labute approximate surface area is 146 Å². The Morgan fingerprint density at radius 3 is 2.72 bits per heavy atom. The van der Waals surface area contributed by atoms with Crippen LogP contribution >= 0.6 is 0 Å². The van der Waals surface area contributed by atoms with E-state index in [-0.39, 0.29) is 30.0 Å². The average Bonchev–Trinajstić information content (AvgIpc) is 3.33. The molecular formula is C18H23FN4O2. The maximum absolute atomic E-state index is 14.2. The first-order valence-corrected chi connectivity index (χ1v) is 8.64. The van der Waals surface area contributed by atoms with Gasteiger partial charge in [0.2, 0.25) is 5.89 Å². The lowest BCUT2D eigenvalue weighted by Crippen LogP contribution is -2.44. The smallest absolute Gasteiger partial charge is 0.318 e. The molecule has 2 atom stereocenters. The Bertz CT molecular complexity index is 744. The number of amides is 2. The van der Waals surface area contributed by atoms with Crippen LogP contribution in [0.5, 0.6) is 0 Å². The first-order chi connectivity index (χ1) is 12.0. The van der Waals surface area contributed by atoms with Gasteiger partial charge in [0.15, 0.2) is 5.82 Å². The fourth-order valence-corrected chi connectivity index (χ4v) is 3.00. The highest BCUT2D eigenvalue weighted by Gasteiger charge is 2.38. The van der Waals surface area contributed by atoms with Gasteiger partial charge in [-0.05, 0) is 32.3 Å². The average molecular weight is 346 g/mol. The predicted molar refractivity (Wildman–Crippen MR) is 90.3 cm³/mol. The van der Waals surface area contributed by atoms with Crippen molar-refractivity contribution in [1.29, 1.82) is 0 Å². The third-order valence-electron chi connectivity index (χ3n) is 4.51. The number of benzene rings is 1. The molecule has 1 heterocycles. The molecule has 0 bridgehead atoms. The van der Waals surface area contributed by atoms with Gasteiger partial charge in [-0.3, -0.25) is 0 Å². The minimum absolute atomic E-state index is 0.138. The zero-order valence-electron chi connectivity index (χ0n) is 14.7. The summed E-state index contributed by atoms with van der Waals surface area (Å²) in [5.41, 5.74) is 0.521. The number of rotatable bonds is 6. The van der Waals surface area contributed by atoms with Gasteiger partial charge in [0.25, 0.3) is 0 Å². The summed E-state index contributed by atoms with van der Waals surface area (Å²) in [4.78, 5) is 18.8. The van der Waals surface area contributed by atoms with Gasteiger partial charge >= 0.3 is 6.03 Å². The molecule has 7 heteroatoms. The molecule has 1 fully saturated rings. The van der Waals surface area contributed by atoms with Crippen molar-refractivity contribution in [2.24, 2.45) is 0 Å². The Hall–Kier alpha value is -2.44. The first-order valence-electron chi connectivity index (χ1n) is 8.64. The van der Waals surface area contributed by atoms with Crippen LogP contribution in [0.1, 0.15) is 62.5 Å². The standard InChI is InChI=1S/C18H23FN4O2/c1-4-16(17-20-12(3)25-22-17)21-18(24)23(13-9-10-13)11(2)14-7-5-6-8-15(14)19/h5-8,11,13,16H,4,9-10H2,1-3H3,(H,21,24)/t11-,16+/m1/s1. The SMILES string of the molecule is CC[C@H](NC(=O)N(C1CC1)[C@H](C)c1ccccc1F)c1noc(C)n1. The number of aryl methyl sites for hydroxylation is 1. The van der Waals surface area contributed by atoms with Crippen molar-refractivity contribution in [2.75, 3.05) is 0 Å². The number of halogens is 1. The molecule has 1 aromatic carbocycles. The summed E-state index contributed by atoms with van der Waals surface area (Å²) in [5.74, 6) is 0.624. The van der Waals surface area contributed by atoms with Crippen LogP contribution < -0.4 is 5.32 Å². The van der Waals surface area contributed by atoms with Crippen LogP contribution in [0.2, 0.25) is 0 Å². The molecule has 0 spiro atoms. The van der Waals surface area contributed by atoms with E-state index in [2.05, 4.69) is 15.5 Å². The maximum atomic E-state index is 14.2. The van der Waals surface area contributed by atoms with Gasteiger partial charge in [-0.15, -0.1) is 0 Å². The quantitative estimate of drug-likeness (QED) is 0.861. The number of carbonyl (C=O) groups excluding carboxylic acids is 1. The minimum Gasteiger partial charge on any atom is -0.340 e. The molecule has 1 saturated carbocycles. The van der Waals surface area contributed by atoms with Crippen LogP contribution in [0, 0.1) is 12.7 Å². The van der Waals surface area contributed by atoms with Crippen molar-refractivity contribution in [3.63, 3.8) is 0 Å². The molecule has 6 nitrogen and oxygen atoms in total. The number of hydrogen-bond donors (Lipinski definition) is 1. The molecule has 1 aromatic heterocycles. The summed E-state index contributed by atoms with van der Waals surface area (Å²) in [5, 5.41) is 6.87. The Kier molecular flexibility index (Phi) is 5.01. The largest absolute Gasteiger partial charge is 0.340 e. The second-order valence-corrected chi connectivity index (χ2v) is 6.42. The van der Waals surface area contributed by atoms with Gasteiger partial charge in [0, 0.05) is 18.5 Å². The number of nitrogens with zero attached hydrogens (tertiary/aromatic N) is 3. The maximum Gasteiger partial charge on any atom is 0.318 e. The van der Waals surface area contributed by atoms with Crippen molar-refractivity contribution in [1.82, 2.24) is 20.4 Å². The number of carbonyl (C=O) groups is 1. The summed E-state index contributed by atoms with van der Waals surface area (Å²) in [6, 6.07) is 5.81. The highest BCUT2D eigenvalue weighted by atomic mass is 19.1. The lowest BCUT2D eigenvalue weighted by Gasteiger charge is -2.31. The Balaban J connectivity index is 1.78. The van der Waals surface area contributed by atoms with Crippen LogP contribution in [-0.4, -0.2) is 27.1 Å². The normalized spacial score (nSPS) is 16.3. The van der Waals surface area contributed by atoms with E-state index in [1.165, 1.54) is 6.07 Å². The monoisotopic (exact) mass is 346 g/mol. The van der Waals surface area contributed by atoms with Crippen molar-refractivity contribution >= 4 is 6.03 Å². The zero-order chi connectivity index (χ0) is 18.0. The highest BCUT2D eigenvalue weighted by Crippen LogP contribution is 2.35. The van der Waals surface area contributed by atoms with E-state index in [9.17, 15) is 9.18 Å². The second-order valence-electron chi connectivity index (χ2n) is 6.42. The Morgan fingerprint density at radius 2 is 2.16 bits per heavy atom. The van der Waals surface area contributed by atoms with Crippen LogP contribution in [0.4, 0.5) is 9.18 Å². The molecule has 0 aliphatic heterocycles. The van der Waals surface area contributed by atoms with E-state index < -0.39 is 0 Å². The third kappa shape index (κ3) is 3.81. The van der Waals surface area contributed by atoms with E-state index in [1.807, 2.05) is 13.8 Å². The molecule has 1 aliphatic carbocycles. The molecule has 2 amide bonds. The van der Waals surface area contributed by atoms with Crippen molar-refractivity contribution < 1.29 is 13.7 Å². The van der Waals surface area contributed by atoms with Crippen LogP contribution in [-0.2, 0) is 0 Å².